The average Bonchev–Trinajstić information content (AvgIpc) is 2.28. The largest absolute Gasteiger partial charge is 0.433 e. The van der Waals surface area contributed by atoms with E-state index in [1.165, 1.54) is 12.1 Å². The number of anilines is 1. The smallest absolute Gasteiger partial charge is 0.392 e. The van der Waals surface area contributed by atoms with Crippen molar-refractivity contribution in [2.24, 2.45) is 5.41 Å². The van der Waals surface area contributed by atoms with Gasteiger partial charge in [-0.3, -0.25) is 0 Å². The normalized spacial score (nSPS) is 26.6. The zero-order valence-electron chi connectivity index (χ0n) is 10.1. The number of aliphatic hydroxyl groups excluding tert-OH is 1. The molecule has 100 valence electrons. The monoisotopic (exact) mass is 260 g/mol. The van der Waals surface area contributed by atoms with Gasteiger partial charge in [-0.15, -0.1) is 0 Å². The second kappa shape index (κ2) is 4.12. The maximum atomic E-state index is 12.5. The highest BCUT2D eigenvalue weighted by Gasteiger charge is 2.47. The topological polar surface area (TPSA) is 45.1 Å². The van der Waals surface area contributed by atoms with Gasteiger partial charge < -0.3 is 10.4 Å². The Hall–Kier alpha value is -1.30. The van der Waals surface area contributed by atoms with Crippen LogP contribution in [0.4, 0.5) is 19.0 Å². The lowest BCUT2D eigenvalue weighted by molar-refractivity contribution is -0.141. The predicted molar refractivity (Wildman–Crippen MR) is 61.1 cm³/mol. The summed E-state index contributed by atoms with van der Waals surface area (Å²) in [6.07, 6.45) is -4.35. The molecule has 18 heavy (non-hydrogen) atoms. The molecule has 6 heteroatoms. The minimum Gasteiger partial charge on any atom is -0.392 e. The number of aliphatic hydroxyl groups is 1. The fraction of sp³-hybridized carbons (Fsp3) is 0.583. The first-order chi connectivity index (χ1) is 8.21. The van der Waals surface area contributed by atoms with Gasteiger partial charge in [0.15, 0.2) is 0 Å². The van der Waals surface area contributed by atoms with Gasteiger partial charge in [0, 0.05) is 11.5 Å². The SMILES string of the molecule is CC1(C)C(O)CC1Nc1cccc(C(F)(F)F)n1. The molecule has 1 fully saturated rings. The van der Waals surface area contributed by atoms with Crippen LogP contribution in [0, 0.1) is 5.41 Å². The molecule has 2 atom stereocenters. The van der Waals surface area contributed by atoms with Crippen LogP contribution in [0.2, 0.25) is 0 Å². The van der Waals surface area contributed by atoms with Gasteiger partial charge in [-0.25, -0.2) is 4.98 Å². The van der Waals surface area contributed by atoms with E-state index in [-0.39, 0.29) is 17.3 Å². The van der Waals surface area contributed by atoms with E-state index in [1.54, 1.807) is 0 Å². The maximum Gasteiger partial charge on any atom is 0.433 e. The molecular formula is C12H15F3N2O. The third-order valence-corrected chi connectivity index (χ3v) is 3.58. The van der Waals surface area contributed by atoms with Crippen molar-refractivity contribution in [3.63, 3.8) is 0 Å². The Morgan fingerprint density at radius 2 is 2.06 bits per heavy atom. The summed E-state index contributed by atoms with van der Waals surface area (Å²) >= 11 is 0. The summed E-state index contributed by atoms with van der Waals surface area (Å²) in [5.74, 6) is 0.190. The molecule has 0 aromatic carbocycles. The summed E-state index contributed by atoms with van der Waals surface area (Å²) in [6, 6.07) is 3.69. The first-order valence-electron chi connectivity index (χ1n) is 5.70. The lowest BCUT2D eigenvalue weighted by Crippen LogP contribution is -2.57. The molecule has 0 radical (unpaired) electrons. The second-order valence-electron chi connectivity index (χ2n) is 5.18. The van der Waals surface area contributed by atoms with Gasteiger partial charge >= 0.3 is 6.18 Å². The molecule has 1 aromatic heterocycles. The summed E-state index contributed by atoms with van der Waals surface area (Å²) < 4.78 is 37.5. The fourth-order valence-corrected chi connectivity index (χ4v) is 2.00. The van der Waals surface area contributed by atoms with Crippen LogP contribution in [0.25, 0.3) is 0 Å². The van der Waals surface area contributed by atoms with Crippen LogP contribution in [0.5, 0.6) is 0 Å². The van der Waals surface area contributed by atoms with E-state index >= 15 is 0 Å². The second-order valence-corrected chi connectivity index (χ2v) is 5.18. The Bertz CT molecular complexity index is 445. The van der Waals surface area contributed by atoms with Crippen molar-refractivity contribution < 1.29 is 18.3 Å². The van der Waals surface area contributed by atoms with Gasteiger partial charge in [-0.05, 0) is 18.6 Å². The number of rotatable bonds is 2. The lowest BCUT2D eigenvalue weighted by atomic mass is 9.64. The highest BCUT2D eigenvalue weighted by Crippen LogP contribution is 2.42. The molecule has 0 spiro atoms. The zero-order chi connectivity index (χ0) is 13.6. The Kier molecular flexibility index (Phi) is 3.01. The number of pyridine rings is 1. The van der Waals surface area contributed by atoms with Gasteiger partial charge in [-0.2, -0.15) is 13.2 Å². The lowest BCUT2D eigenvalue weighted by Gasteiger charge is -2.49. The molecule has 1 aliphatic rings. The number of nitrogens with zero attached hydrogens (tertiary/aromatic N) is 1. The number of aromatic nitrogens is 1. The van der Waals surface area contributed by atoms with Crippen molar-refractivity contribution in [2.45, 2.75) is 38.6 Å². The quantitative estimate of drug-likeness (QED) is 0.859. The highest BCUT2D eigenvalue weighted by atomic mass is 19.4. The minimum atomic E-state index is -4.44. The third kappa shape index (κ3) is 2.29. The van der Waals surface area contributed by atoms with Gasteiger partial charge in [-0.1, -0.05) is 19.9 Å². The van der Waals surface area contributed by atoms with Crippen molar-refractivity contribution >= 4 is 5.82 Å². The van der Waals surface area contributed by atoms with Crippen LogP contribution in [-0.2, 0) is 6.18 Å². The molecular weight excluding hydrogens is 245 g/mol. The summed E-state index contributed by atoms with van der Waals surface area (Å²) in [7, 11) is 0. The number of nitrogens with one attached hydrogen (secondary N) is 1. The molecule has 0 saturated heterocycles. The van der Waals surface area contributed by atoms with Gasteiger partial charge in [0.1, 0.15) is 11.5 Å². The van der Waals surface area contributed by atoms with Crippen LogP contribution < -0.4 is 5.32 Å². The Morgan fingerprint density at radius 3 is 2.56 bits per heavy atom. The van der Waals surface area contributed by atoms with Gasteiger partial charge in [0.05, 0.1) is 6.10 Å². The summed E-state index contributed by atoms with van der Waals surface area (Å²) in [5, 5.41) is 12.5. The summed E-state index contributed by atoms with van der Waals surface area (Å²) in [6.45, 7) is 3.74. The molecule has 0 bridgehead atoms. The molecule has 2 rings (SSSR count). The van der Waals surface area contributed by atoms with Crippen LogP contribution in [-0.4, -0.2) is 22.2 Å². The van der Waals surface area contributed by atoms with Crippen molar-refractivity contribution in [1.82, 2.24) is 4.98 Å². The van der Waals surface area contributed by atoms with E-state index in [1.807, 2.05) is 13.8 Å². The van der Waals surface area contributed by atoms with Crippen molar-refractivity contribution in [3.8, 4) is 0 Å². The molecule has 1 heterocycles. The molecule has 2 unspecified atom stereocenters. The number of hydrogen-bond donors (Lipinski definition) is 2. The van der Waals surface area contributed by atoms with Crippen LogP contribution in [0.1, 0.15) is 26.0 Å². The predicted octanol–water partition coefficient (Wildman–Crippen LogP) is 2.67. The van der Waals surface area contributed by atoms with Crippen LogP contribution in [0.3, 0.4) is 0 Å². The first kappa shape index (κ1) is 13.1. The van der Waals surface area contributed by atoms with E-state index < -0.39 is 18.0 Å². The van der Waals surface area contributed by atoms with Crippen LogP contribution >= 0.6 is 0 Å². The maximum absolute atomic E-state index is 12.5. The van der Waals surface area contributed by atoms with E-state index in [9.17, 15) is 18.3 Å². The summed E-state index contributed by atoms with van der Waals surface area (Å²) in [4.78, 5) is 3.54. The average molecular weight is 260 g/mol. The van der Waals surface area contributed by atoms with E-state index in [0.29, 0.717) is 6.42 Å². The van der Waals surface area contributed by atoms with Crippen LogP contribution in [0.15, 0.2) is 18.2 Å². The van der Waals surface area contributed by atoms with Gasteiger partial charge in [0.25, 0.3) is 0 Å². The molecule has 1 aliphatic carbocycles. The highest BCUT2D eigenvalue weighted by molar-refractivity contribution is 5.39. The van der Waals surface area contributed by atoms with E-state index in [0.717, 1.165) is 6.07 Å². The van der Waals surface area contributed by atoms with E-state index in [4.69, 9.17) is 0 Å². The van der Waals surface area contributed by atoms with Gasteiger partial charge in [0.2, 0.25) is 0 Å². The Labute approximate surface area is 103 Å². The molecule has 3 nitrogen and oxygen atoms in total. The fourth-order valence-electron chi connectivity index (χ4n) is 2.00. The van der Waals surface area contributed by atoms with Crippen molar-refractivity contribution in [2.75, 3.05) is 5.32 Å². The summed E-state index contributed by atoms with van der Waals surface area (Å²) in [5.41, 5.74) is -1.26. The van der Waals surface area contributed by atoms with E-state index in [2.05, 4.69) is 10.3 Å². The minimum absolute atomic E-state index is 0.0662. The molecule has 1 saturated carbocycles. The molecule has 2 N–H and O–H groups in total. The first-order valence-corrected chi connectivity index (χ1v) is 5.70. The van der Waals surface area contributed by atoms with Crippen molar-refractivity contribution in [3.05, 3.63) is 23.9 Å². The third-order valence-electron chi connectivity index (χ3n) is 3.58. The standard InChI is InChI=1S/C12H15F3N2O/c1-11(2)8(6-9(11)18)17-10-5-3-4-7(16-10)12(13,14)15/h3-5,8-9,18H,6H2,1-2H3,(H,16,17). The Morgan fingerprint density at radius 1 is 1.39 bits per heavy atom. The number of alkyl halides is 3. The Balaban J connectivity index is 2.12. The number of hydrogen-bond acceptors (Lipinski definition) is 3. The zero-order valence-corrected chi connectivity index (χ0v) is 10.1. The molecule has 0 aliphatic heterocycles. The van der Waals surface area contributed by atoms with Crippen molar-refractivity contribution in [1.29, 1.82) is 0 Å². The number of halogens is 3. The molecule has 0 amide bonds. The molecule has 1 aromatic rings.